The maximum absolute atomic E-state index is 9.68. The summed E-state index contributed by atoms with van der Waals surface area (Å²) in [6.45, 7) is 0. The molecule has 208 valence electrons. The van der Waals surface area contributed by atoms with Crippen LogP contribution in [0.2, 0.25) is 0 Å². The van der Waals surface area contributed by atoms with Crippen molar-refractivity contribution >= 4 is 122 Å². The van der Waals surface area contributed by atoms with E-state index in [4.69, 9.17) is 0 Å². The van der Waals surface area contributed by atoms with E-state index in [-0.39, 0.29) is 0 Å². The Bertz CT molecular complexity index is 2290. The molecule has 8 aromatic rings. The standard InChI is InChI=1S/C36H18N2S6/c37-19-21(29-3-1-13-39-29)15-23-5-9-33(41-23)35-17-27-25-8-12-32-28(26(25)7-11-31(27)43-35)18-36(44-32)34-10-6-24(42-34)16-22(20-38)30-4-2-14-40-30/h1-18H/b21-15+,22-16+. The lowest BCUT2D eigenvalue weighted by Crippen LogP contribution is -1.74. The Morgan fingerprint density at radius 3 is 1.39 bits per heavy atom. The van der Waals surface area contributed by atoms with E-state index in [2.05, 4.69) is 72.8 Å². The highest BCUT2D eigenvalue weighted by Crippen LogP contribution is 2.45. The number of benzene rings is 2. The Morgan fingerprint density at radius 2 is 0.977 bits per heavy atom. The molecule has 0 atom stereocenters. The Labute approximate surface area is 277 Å². The van der Waals surface area contributed by atoms with Gasteiger partial charge >= 0.3 is 0 Å². The van der Waals surface area contributed by atoms with Gasteiger partial charge in [-0.05, 0) is 94.3 Å². The van der Waals surface area contributed by atoms with Gasteiger partial charge < -0.3 is 0 Å². The Morgan fingerprint density at radius 1 is 0.500 bits per heavy atom. The van der Waals surface area contributed by atoms with Crippen LogP contribution in [0.25, 0.3) is 73.8 Å². The summed E-state index contributed by atoms with van der Waals surface area (Å²) in [7, 11) is 0. The number of hydrogen-bond acceptors (Lipinski definition) is 8. The number of nitriles is 2. The molecule has 6 heterocycles. The molecule has 0 saturated carbocycles. The summed E-state index contributed by atoms with van der Waals surface area (Å²) in [5, 5.41) is 28.5. The first kappa shape index (κ1) is 27.4. The maximum atomic E-state index is 9.68. The molecule has 0 aliphatic carbocycles. The van der Waals surface area contributed by atoms with Gasteiger partial charge in [0.1, 0.15) is 12.1 Å². The van der Waals surface area contributed by atoms with E-state index in [9.17, 15) is 10.5 Å². The normalized spacial score (nSPS) is 12.3. The molecule has 0 radical (unpaired) electrons. The monoisotopic (exact) mass is 670 g/mol. The summed E-state index contributed by atoms with van der Waals surface area (Å²) in [5.74, 6) is 0. The summed E-state index contributed by atoms with van der Waals surface area (Å²) in [6, 6.07) is 34.9. The van der Waals surface area contributed by atoms with Gasteiger partial charge in [-0.2, -0.15) is 10.5 Å². The number of fused-ring (bicyclic) bond motifs is 5. The minimum atomic E-state index is 0.704. The summed E-state index contributed by atoms with van der Waals surface area (Å²) in [5.41, 5.74) is 1.41. The van der Waals surface area contributed by atoms with Crippen LogP contribution in [-0.2, 0) is 0 Å². The first-order valence-corrected chi connectivity index (χ1v) is 18.6. The van der Waals surface area contributed by atoms with E-state index in [1.165, 1.54) is 50.5 Å². The van der Waals surface area contributed by atoms with E-state index in [1.807, 2.05) is 69.9 Å². The fourth-order valence-corrected chi connectivity index (χ4v) is 10.9. The molecular formula is C36H18N2S6. The largest absolute Gasteiger partial charge is 0.192 e. The SMILES string of the molecule is N#C/C(=C\c1ccc(-c2cc3c(ccc4c5cc(-c6ccc(/C=C(\C#N)c7cccs7)s6)sc5ccc34)s2)s1)c1cccs1. The number of rotatable bonds is 6. The summed E-state index contributed by atoms with van der Waals surface area (Å²) < 4.78 is 2.55. The molecule has 0 saturated heterocycles. The summed E-state index contributed by atoms with van der Waals surface area (Å²) in [6.07, 6.45) is 3.99. The molecule has 0 spiro atoms. The van der Waals surface area contributed by atoms with E-state index >= 15 is 0 Å². The molecule has 0 fully saturated rings. The van der Waals surface area contributed by atoms with Gasteiger partial charge in [0, 0.05) is 59.2 Å². The van der Waals surface area contributed by atoms with Crippen molar-refractivity contribution in [2.24, 2.45) is 0 Å². The van der Waals surface area contributed by atoms with Gasteiger partial charge in [0.2, 0.25) is 0 Å². The molecule has 0 unspecified atom stereocenters. The molecule has 0 aliphatic rings. The van der Waals surface area contributed by atoms with Crippen LogP contribution in [0.15, 0.2) is 95.7 Å². The van der Waals surface area contributed by atoms with E-state index in [0.717, 1.165) is 19.5 Å². The van der Waals surface area contributed by atoms with Crippen molar-refractivity contribution in [2.45, 2.75) is 0 Å². The van der Waals surface area contributed by atoms with Crippen LogP contribution in [0.4, 0.5) is 0 Å². The van der Waals surface area contributed by atoms with E-state index < -0.39 is 0 Å². The molecule has 0 amide bonds. The van der Waals surface area contributed by atoms with Gasteiger partial charge in [0.05, 0.1) is 11.1 Å². The highest BCUT2D eigenvalue weighted by molar-refractivity contribution is 7.27. The fourth-order valence-electron chi connectivity index (χ4n) is 5.28. The number of allylic oxidation sites excluding steroid dienone is 2. The Hall–Kier alpha value is -4.12. The highest BCUT2D eigenvalue weighted by atomic mass is 32.1. The third-order valence-electron chi connectivity index (χ3n) is 7.32. The van der Waals surface area contributed by atoms with Crippen molar-refractivity contribution < 1.29 is 0 Å². The first-order chi connectivity index (χ1) is 21.7. The van der Waals surface area contributed by atoms with Gasteiger partial charge in [-0.15, -0.1) is 68.0 Å². The van der Waals surface area contributed by atoms with Gasteiger partial charge in [-0.25, -0.2) is 0 Å². The molecule has 8 rings (SSSR count). The minimum absolute atomic E-state index is 0.704. The van der Waals surface area contributed by atoms with Crippen molar-refractivity contribution in [2.75, 3.05) is 0 Å². The zero-order valence-corrected chi connectivity index (χ0v) is 27.6. The van der Waals surface area contributed by atoms with Crippen LogP contribution in [-0.4, -0.2) is 0 Å². The Balaban J connectivity index is 1.14. The predicted molar refractivity (Wildman–Crippen MR) is 197 cm³/mol. The smallest absolute Gasteiger partial charge is 0.101 e. The van der Waals surface area contributed by atoms with Gasteiger partial charge in [-0.3, -0.25) is 0 Å². The lowest BCUT2D eigenvalue weighted by atomic mass is 10.0. The number of nitrogens with zero attached hydrogens (tertiary/aromatic N) is 2. The highest BCUT2D eigenvalue weighted by Gasteiger charge is 2.14. The fraction of sp³-hybridized carbons (Fsp3) is 0. The van der Waals surface area contributed by atoms with Crippen molar-refractivity contribution in [3.05, 3.63) is 115 Å². The lowest BCUT2D eigenvalue weighted by molar-refractivity contribution is 1.54. The summed E-state index contributed by atoms with van der Waals surface area (Å²) >= 11 is 10.3. The van der Waals surface area contributed by atoms with Crippen molar-refractivity contribution in [3.8, 4) is 31.6 Å². The second-order valence-corrected chi connectivity index (χ2v) is 16.3. The summed E-state index contributed by atoms with van der Waals surface area (Å²) in [4.78, 5) is 9.09. The molecule has 0 N–H and O–H groups in total. The van der Waals surface area contributed by atoms with E-state index in [0.29, 0.717) is 11.1 Å². The van der Waals surface area contributed by atoms with Gasteiger partial charge in [-0.1, -0.05) is 24.3 Å². The molecule has 8 heteroatoms. The van der Waals surface area contributed by atoms with Crippen molar-refractivity contribution in [1.82, 2.24) is 0 Å². The molecule has 0 aliphatic heterocycles. The number of thiophene rings is 6. The maximum Gasteiger partial charge on any atom is 0.101 e. The number of hydrogen-bond donors (Lipinski definition) is 0. The van der Waals surface area contributed by atoms with Gasteiger partial charge in [0.15, 0.2) is 0 Å². The van der Waals surface area contributed by atoms with E-state index in [1.54, 1.807) is 45.3 Å². The molecular weight excluding hydrogens is 653 g/mol. The zero-order valence-electron chi connectivity index (χ0n) is 22.7. The van der Waals surface area contributed by atoms with Crippen molar-refractivity contribution in [1.29, 1.82) is 10.5 Å². The molecule has 2 nitrogen and oxygen atoms in total. The quantitative estimate of drug-likeness (QED) is 0.165. The van der Waals surface area contributed by atoms with Crippen LogP contribution < -0.4 is 0 Å². The average Bonchev–Trinajstić information content (AvgIpc) is 3.89. The van der Waals surface area contributed by atoms with Crippen LogP contribution in [0, 0.1) is 22.7 Å². The van der Waals surface area contributed by atoms with Crippen LogP contribution in [0.3, 0.4) is 0 Å². The molecule has 6 aromatic heterocycles. The van der Waals surface area contributed by atoms with Crippen LogP contribution in [0.1, 0.15) is 19.5 Å². The first-order valence-electron chi connectivity index (χ1n) is 13.6. The minimum Gasteiger partial charge on any atom is -0.192 e. The Kier molecular flexibility index (Phi) is 7.12. The lowest BCUT2D eigenvalue weighted by Gasteiger charge is -2.01. The zero-order chi connectivity index (χ0) is 29.6. The predicted octanol–water partition coefficient (Wildman–Crippen LogP) is 13.0. The third-order valence-corrected chi connectivity index (χ3v) is 13.8. The second kappa shape index (κ2) is 11.4. The van der Waals surface area contributed by atoms with Crippen LogP contribution >= 0.6 is 68.0 Å². The molecule has 0 bridgehead atoms. The van der Waals surface area contributed by atoms with Crippen molar-refractivity contribution in [3.63, 3.8) is 0 Å². The third kappa shape index (κ3) is 4.96. The van der Waals surface area contributed by atoms with Gasteiger partial charge in [0.25, 0.3) is 0 Å². The topological polar surface area (TPSA) is 47.6 Å². The van der Waals surface area contributed by atoms with Crippen LogP contribution in [0.5, 0.6) is 0 Å². The molecule has 2 aromatic carbocycles. The average molecular weight is 671 g/mol. The second-order valence-electron chi connectivity index (χ2n) is 9.97. The molecule has 44 heavy (non-hydrogen) atoms.